The number of thioether (sulfide) groups is 1. The number of ether oxygens (including phenoxy) is 4. The molecule has 300 valence electrons. The summed E-state index contributed by atoms with van der Waals surface area (Å²) in [4.78, 5) is 69.7. The molecule has 0 rings (SSSR count). The van der Waals surface area contributed by atoms with Crippen LogP contribution in [0.4, 0.5) is 0 Å². The molecule has 0 aliphatic carbocycles. The van der Waals surface area contributed by atoms with Gasteiger partial charge in [-0.25, -0.2) is 0 Å². The van der Waals surface area contributed by atoms with Crippen molar-refractivity contribution in [1.82, 2.24) is 10.2 Å². The van der Waals surface area contributed by atoms with Crippen molar-refractivity contribution in [2.45, 2.75) is 108 Å². The second kappa shape index (κ2) is 25.9. The molecule has 0 aromatic heterocycles. The van der Waals surface area contributed by atoms with Crippen LogP contribution in [0.25, 0.3) is 0 Å². The molecule has 0 saturated carbocycles. The summed E-state index contributed by atoms with van der Waals surface area (Å²) in [7, 11) is 5.26. The number of hydrogen-bond donors (Lipinski definition) is 3. The fraction of sp³-hybridized carbons (Fsp3) is 0.833. The average Bonchev–Trinajstić information content (AvgIpc) is 3.06. The Hall–Kier alpha value is -2.91. The van der Waals surface area contributed by atoms with Crippen LogP contribution in [0.3, 0.4) is 0 Å². The van der Waals surface area contributed by atoms with Crippen molar-refractivity contribution in [3.63, 3.8) is 0 Å². The van der Waals surface area contributed by atoms with Crippen molar-refractivity contribution in [3.8, 4) is 0 Å². The summed E-state index contributed by atoms with van der Waals surface area (Å²) >= 11 is 1.45. The third-order valence-electron chi connectivity index (χ3n) is 8.04. The van der Waals surface area contributed by atoms with Gasteiger partial charge in [-0.15, -0.1) is 0 Å². The van der Waals surface area contributed by atoms with Crippen molar-refractivity contribution in [3.05, 3.63) is 0 Å². The standard InChI is InChI=1S/C18H32O7S.C10H21NO2.C8H15NO3/c1-7-17(2,3)16(22)25-11-13(19)10-24-14(20)8-9-26-12-18(4,5)15(21)23-6;1-6-10(2,3)9(12)13-8-7-11(4)5;1-4-8(2,3)7(12)9-5-6(10)11/h13,19H,7-12H2,1-6H3;6-8H2,1-5H3;4-5H2,1-3H3,(H,9,12)(H,10,11). The number of nitrogens with one attached hydrogen (secondary N) is 1. The van der Waals surface area contributed by atoms with Crippen LogP contribution in [0.15, 0.2) is 0 Å². The number of carbonyl (C=O) groups is 6. The lowest BCUT2D eigenvalue weighted by atomic mass is 9.89. The molecule has 0 fully saturated rings. The number of hydrogen-bond acceptors (Lipinski definition) is 13. The summed E-state index contributed by atoms with van der Waals surface area (Å²) in [5.74, 6) is -1.45. The zero-order valence-electron chi connectivity index (χ0n) is 33.7. The van der Waals surface area contributed by atoms with E-state index in [-0.39, 0.29) is 49.4 Å². The molecule has 0 saturated heterocycles. The van der Waals surface area contributed by atoms with Crippen LogP contribution in [-0.4, -0.2) is 123 Å². The van der Waals surface area contributed by atoms with Crippen molar-refractivity contribution >= 4 is 47.5 Å². The molecule has 1 amide bonds. The molecular formula is C36H68N2O12S. The number of aliphatic hydroxyl groups is 1. The fourth-order valence-electron chi connectivity index (χ4n) is 2.86. The number of carboxylic acid groups (broad SMARTS) is 1. The van der Waals surface area contributed by atoms with Gasteiger partial charge in [-0.1, -0.05) is 34.6 Å². The number of carboxylic acids is 1. The van der Waals surface area contributed by atoms with Crippen LogP contribution in [0.1, 0.15) is 102 Å². The molecule has 0 aliphatic heterocycles. The normalized spacial score (nSPS) is 12.2. The molecule has 0 aromatic carbocycles. The highest BCUT2D eigenvalue weighted by atomic mass is 32.2. The minimum Gasteiger partial charge on any atom is -0.480 e. The molecule has 1 unspecified atom stereocenters. The van der Waals surface area contributed by atoms with Gasteiger partial charge >= 0.3 is 29.8 Å². The lowest BCUT2D eigenvalue weighted by Gasteiger charge is -2.21. The Balaban J connectivity index is -0.000000767. The van der Waals surface area contributed by atoms with E-state index in [9.17, 15) is 33.9 Å². The van der Waals surface area contributed by atoms with E-state index in [1.54, 1.807) is 41.5 Å². The van der Waals surface area contributed by atoms with Crippen molar-refractivity contribution in [2.24, 2.45) is 21.7 Å². The summed E-state index contributed by atoms with van der Waals surface area (Å²) in [6, 6.07) is 0. The molecule has 0 radical (unpaired) electrons. The molecular weight excluding hydrogens is 684 g/mol. The van der Waals surface area contributed by atoms with Gasteiger partial charge in [0.1, 0.15) is 32.5 Å². The molecule has 51 heavy (non-hydrogen) atoms. The maximum absolute atomic E-state index is 11.8. The molecule has 0 spiro atoms. The number of amides is 1. The first-order valence-electron chi connectivity index (χ1n) is 17.2. The topological polar surface area (TPSA) is 195 Å². The highest BCUT2D eigenvalue weighted by molar-refractivity contribution is 7.99. The zero-order chi connectivity index (χ0) is 40.6. The van der Waals surface area contributed by atoms with Crippen molar-refractivity contribution < 1.29 is 57.9 Å². The summed E-state index contributed by atoms with van der Waals surface area (Å²) in [6.07, 6.45) is 1.24. The predicted molar refractivity (Wildman–Crippen MR) is 198 cm³/mol. The van der Waals surface area contributed by atoms with E-state index in [0.717, 1.165) is 13.0 Å². The molecule has 0 bridgehead atoms. The van der Waals surface area contributed by atoms with Crippen LogP contribution in [-0.2, 0) is 47.7 Å². The van der Waals surface area contributed by atoms with Crippen LogP contribution >= 0.6 is 11.8 Å². The first-order chi connectivity index (χ1) is 23.3. The van der Waals surface area contributed by atoms with Crippen LogP contribution in [0.5, 0.6) is 0 Å². The van der Waals surface area contributed by atoms with Crippen LogP contribution in [0.2, 0.25) is 0 Å². The molecule has 14 nitrogen and oxygen atoms in total. The fourth-order valence-corrected chi connectivity index (χ4v) is 3.94. The number of aliphatic hydroxyl groups excluding tert-OH is 1. The molecule has 3 N–H and O–H groups in total. The number of likely N-dealkylation sites (N-methyl/N-ethyl adjacent to an activating group) is 1. The number of methoxy groups -OCH3 is 1. The second-order valence-corrected chi connectivity index (χ2v) is 15.9. The number of aliphatic carboxylic acids is 1. The van der Waals surface area contributed by atoms with Gasteiger partial charge in [0.25, 0.3) is 0 Å². The molecule has 0 heterocycles. The van der Waals surface area contributed by atoms with Gasteiger partial charge in [0.15, 0.2) is 0 Å². The Bertz CT molecular complexity index is 1070. The molecule has 15 heteroatoms. The largest absolute Gasteiger partial charge is 0.480 e. The minimum absolute atomic E-state index is 0.100. The Morgan fingerprint density at radius 1 is 0.725 bits per heavy atom. The van der Waals surface area contributed by atoms with E-state index in [2.05, 4.69) is 5.32 Å². The summed E-state index contributed by atoms with van der Waals surface area (Å²) in [5, 5.41) is 20.4. The maximum Gasteiger partial charge on any atom is 0.322 e. The lowest BCUT2D eigenvalue weighted by Crippen LogP contribution is -2.39. The minimum atomic E-state index is -1.05. The summed E-state index contributed by atoms with van der Waals surface area (Å²) < 4.78 is 19.8. The first kappa shape index (κ1) is 52.5. The molecule has 1 atom stereocenters. The Labute approximate surface area is 310 Å². The highest BCUT2D eigenvalue weighted by Crippen LogP contribution is 2.24. The van der Waals surface area contributed by atoms with Gasteiger partial charge in [-0.2, -0.15) is 11.8 Å². The number of rotatable bonds is 21. The van der Waals surface area contributed by atoms with Gasteiger partial charge in [0.05, 0.1) is 29.8 Å². The van der Waals surface area contributed by atoms with E-state index < -0.39 is 40.3 Å². The van der Waals surface area contributed by atoms with Gasteiger partial charge < -0.3 is 39.4 Å². The number of carbonyl (C=O) groups excluding carboxylic acids is 5. The van der Waals surface area contributed by atoms with E-state index in [0.29, 0.717) is 31.0 Å². The SMILES string of the molecule is CCC(C)(C)C(=O)NCC(=O)O.CCC(C)(C)C(=O)OCC(O)COC(=O)CCSCC(C)(C)C(=O)OC.CCC(C)(C)C(=O)OCCN(C)C. The third kappa shape index (κ3) is 25.7. The Morgan fingerprint density at radius 3 is 1.63 bits per heavy atom. The van der Waals surface area contributed by atoms with E-state index in [1.165, 1.54) is 18.9 Å². The molecule has 0 aromatic rings. The monoisotopic (exact) mass is 752 g/mol. The van der Waals surface area contributed by atoms with Crippen LogP contribution < -0.4 is 5.32 Å². The third-order valence-corrected chi connectivity index (χ3v) is 9.46. The van der Waals surface area contributed by atoms with Gasteiger partial charge in [-0.05, 0) is 74.9 Å². The zero-order valence-corrected chi connectivity index (χ0v) is 34.5. The second-order valence-electron chi connectivity index (χ2n) is 14.8. The van der Waals surface area contributed by atoms with E-state index in [1.807, 2.05) is 53.6 Å². The van der Waals surface area contributed by atoms with Gasteiger partial charge in [-0.3, -0.25) is 28.8 Å². The smallest absolute Gasteiger partial charge is 0.322 e. The number of nitrogens with zero attached hydrogens (tertiary/aromatic N) is 1. The quantitative estimate of drug-likeness (QED) is 0.0851. The highest BCUT2D eigenvalue weighted by Gasteiger charge is 2.30. The predicted octanol–water partition coefficient (Wildman–Crippen LogP) is 4.34. The average molecular weight is 753 g/mol. The van der Waals surface area contributed by atoms with Crippen molar-refractivity contribution in [1.29, 1.82) is 0 Å². The molecule has 0 aliphatic rings. The van der Waals surface area contributed by atoms with Gasteiger partial charge in [0.2, 0.25) is 5.91 Å². The Kier molecular flexibility index (Phi) is 26.7. The van der Waals surface area contributed by atoms with Gasteiger partial charge in [0, 0.05) is 23.5 Å². The summed E-state index contributed by atoms with van der Waals surface area (Å²) in [6.45, 7) is 20.8. The first-order valence-corrected chi connectivity index (χ1v) is 18.4. The maximum atomic E-state index is 11.8. The Morgan fingerprint density at radius 2 is 1.20 bits per heavy atom. The van der Waals surface area contributed by atoms with Crippen molar-refractivity contribution in [2.75, 3.05) is 65.6 Å². The van der Waals surface area contributed by atoms with Crippen LogP contribution in [0, 0.1) is 21.7 Å². The lowest BCUT2D eigenvalue weighted by molar-refractivity contribution is -0.160. The number of esters is 4. The van der Waals surface area contributed by atoms with E-state index in [4.69, 9.17) is 24.1 Å². The van der Waals surface area contributed by atoms with E-state index >= 15 is 0 Å². The summed E-state index contributed by atoms with van der Waals surface area (Å²) in [5.41, 5.74) is -2.04.